The predicted molar refractivity (Wildman–Crippen MR) is 109 cm³/mol. The van der Waals surface area contributed by atoms with E-state index in [1.165, 1.54) is 39.2 Å². The summed E-state index contributed by atoms with van der Waals surface area (Å²) in [4.78, 5) is 49.8. The summed E-state index contributed by atoms with van der Waals surface area (Å²) in [5.41, 5.74) is 0.554. The first-order valence-electron chi connectivity index (χ1n) is 8.29. The van der Waals surface area contributed by atoms with Gasteiger partial charge in [-0.3, -0.25) is 19.2 Å². The topological polar surface area (TPSA) is 96.0 Å². The van der Waals surface area contributed by atoms with Crippen LogP contribution < -0.4 is 14.2 Å². The van der Waals surface area contributed by atoms with Crippen molar-refractivity contribution in [2.75, 3.05) is 7.11 Å². The van der Waals surface area contributed by atoms with Gasteiger partial charge in [-0.25, -0.2) is 0 Å². The zero-order valence-corrected chi connectivity index (χ0v) is 18.7. The first-order valence-corrected chi connectivity index (χ1v) is 10.2. The van der Waals surface area contributed by atoms with Gasteiger partial charge in [0.2, 0.25) is 0 Å². The smallest absolute Gasteiger partial charge is 0.308 e. The average molecular weight is 526 g/mol. The molecule has 0 radical (unpaired) electrons. The van der Waals surface area contributed by atoms with E-state index in [4.69, 9.17) is 14.2 Å². The van der Waals surface area contributed by atoms with Crippen molar-refractivity contribution in [3.8, 4) is 17.2 Å². The molecule has 2 aromatic rings. The summed E-state index contributed by atoms with van der Waals surface area (Å²) < 4.78 is 16.0. The quantitative estimate of drug-likeness (QED) is 0.289. The number of alkyl halides is 1. The van der Waals surface area contributed by atoms with Gasteiger partial charge in [-0.15, -0.1) is 0 Å². The zero-order valence-electron chi connectivity index (χ0n) is 15.6. The van der Waals surface area contributed by atoms with Crippen LogP contribution >= 0.6 is 31.9 Å². The largest absolute Gasteiger partial charge is 0.497 e. The Morgan fingerprint density at radius 1 is 0.931 bits per heavy atom. The standard InChI is InChI=1S/C20H14Br2O7/c1-8(23)28-14-6-11(27-3)5-13-15(14)18(25)12-4-10(7-21)17(22)20(29-9(2)24)16(12)19(13)26/h4-6H,7H2,1-3H3. The molecule has 0 spiro atoms. The molecule has 0 heterocycles. The molecule has 1 aliphatic rings. The lowest BCUT2D eigenvalue weighted by molar-refractivity contribution is -0.132. The third-order valence-electron chi connectivity index (χ3n) is 4.19. The van der Waals surface area contributed by atoms with Crippen molar-refractivity contribution in [2.24, 2.45) is 0 Å². The molecule has 0 amide bonds. The summed E-state index contributed by atoms with van der Waals surface area (Å²) in [6.07, 6.45) is 0. The highest BCUT2D eigenvalue weighted by Crippen LogP contribution is 2.44. The lowest BCUT2D eigenvalue weighted by atomic mass is 9.82. The van der Waals surface area contributed by atoms with E-state index < -0.39 is 23.5 Å². The van der Waals surface area contributed by atoms with E-state index in [1.54, 1.807) is 0 Å². The number of ketones is 2. The lowest BCUT2D eigenvalue weighted by Gasteiger charge is -2.23. The van der Waals surface area contributed by atoms with Crippen LogP contribution in [0.3, 0.4) is 0 Å². The first-order chi connectivity index (χ1) is 13.7. The van der Waals surface area contributed by atoms with Gasteiger partial charge in [0, 0.05) is 36.4 Å². The first kappa shape index (κ1) is 21.2. The number of hydrogen-bond acceptors (Lipinski definition) is 7. The molecule has 3 rings (SSSR count). The van der Waals surface area contributed by atoms with Crippen LogP contribution in [-0.2, 0) is 14.9 Å². The van der Waals surface area contributed by atoms with Gasteiger partial charge in [-0.1, -0.05) is 15.9 Å². The molecular formula is C20H14Br2O7. The van der Waals surface area contributed by atoms with Gasteiger partial charge >= 0.3 is 11.9 Å². The molecule has 0 bridgehead atoms. The van der Waals surface area contributed by atoms with Gasteiger partial charge in [-0.2, -0.15) is 0 Å². The van der Waals surface area contributed by atoms with E-state index in [2.05, 4.69) is 31.9 Å². The molecule has 0 aromatic heterocycles. The molecule has 0 saturated carbocycles. The molecule has 150 valence electrons. The number of halogens is 2. The summed E-state index contributed by atoms with van der Waals surface area (Å²) in [7, 11) is 1.38. The lowest BCUT2D eigenvalue weighted by Crippen LogP contribution is -2.24. The Morgan fingerprint density at radius 3 is 2.07 bits per heavy atom. The number of benzene rings is 2. The SMILES string of the molecule is COc1cc(OC(C)=O)c2c(c1)C(=O)c1c(cc(CBr)c(Br)c1OC(C)=O)C2=O. The van der Waals surface area contributed by atoms with Gasteiger partial charge in [0.25, 0.3) is 0 Å². The van der Waals surface area contributed by atoms with E-state index in [9.17, 15) is 19.2 Å². The van der Waals surface area contributed by atoms with Gasteiger partial charge < -0.3 is 14.2 Å². The third-order valence-corrected chi connectivity index (χ3v) is 5.67. The van der Waals surface area contributed by atoms with Crippen LogP contribution in [0.4, 0.5) is 0 Å². The molecule has 1 aliphatic carbocycles. The van der Waals surface area contributed by atoms with Crippen LogP contribution in [0.5, 0.6) is 17.2 Å². The van der Waals surface area contributed by atoms with E-state index in [1.807, 2.05) is 0 Å². The van der Waals surface area contributed by atoms with Crippen LogP contribution in [0, 0.1) is 0 Å². The molecular weight excluding hydrogens is 512 g/mol. The Hall–Kier alpha value is -2.52. The summed E-state index contributed by atoms with van der Waals surface area (Å²) in [6.45, 7) is 2.39. The van der Waals surface area contributed by atoms with Crippen LogP contribution in [0.25, 0.3) is 0 Å². The van der Waals surface area contributed by atoms with Crippen molar-refractivity contribution in [1.29, 1.82) is 0 Å². The maximum absolute atomic E-state index is 13.3. The third kappa shape index (κ3) is 3.72. The predicted octanol–water partition coefficient (Wildman–Crippen LogP) is 3.98. The summed E-state index contributed by atoms with van der Waals surface area (Å²) in [6, 6.07) is 4.29. The zero-order chi connectivity index (χ0) is 21.5. The molecule has 9 heteroatoms. The second-order valence-corrected chi connectivity index (χ2v) is 7.48. The summed E-state index contributed by atoms with van der Waals surface area (Å²) in [5.74, 6) is -2.26. The second-order valence-electron chi connectivity index (χ2n) is 6.13. The number of rotatable bonds is 4. The Labute approximate surface area is 182 Å². The molecule has 0 atom stereocenters. The number of carbonyl (C=O) groups excluding carboxylic acids is 4. The average Bonchev–Trinajstić information content (AvgIpc) is 2.66. The molecule has 0 aliphatic heterocycles. The van der Waals surface area contributed by atoms with Crippen LogP contribution in [0.15, 0.2) is 22.7 Å². The minimum absolute atomic E-state index is 0.00926. The summed E-state index contributed by atoms with van der Waals surface area (Å²) in [5, 5.41) is 0.336. The monoisotopic (exact) mass is 524 g/mol. The fourth-order valence-corrected chi connectivity index (χ4v) is 4.41. The van der Waals surface area contributed by atoms with Crippen LogP contribution in [0.2, 0.25) is 0 Å². The van der Waals surface area contributed by atoms with Crippen molar-refractivity contribution in [2.45, 2.75) is 19.2 Å². The summed E-state index contributed by atoms with van der Waals surface area (Å²) >= 11 is 6.66. The van der Waals surface area contributed by atoms with Crippen molar-refractivity contribution >= 4 is 55.4 Å². The number of hydrogen-bond donors (Lipinski definition) is 0. The van der Waals surface area contributed by atoms with E-state index >= 15 is 0 Å². The number of ether oxygens (including phenoxy) is 3. The molecule has 0 saturated heterocycles. The maximum atomic E-state index is 13.3. The van der Waals surface area contributed by atoms with Gasteiger partial charge in [-0.05, 0) is 33.6 Å². The molecule has 7 nitrogen and oxygen atoms in total. The van der Waals surface area contributed by atoms with Gasteiger partial charge in [0.1, 0.15) is 11.5 Å². The fraction of sp³-hybridized carbons (Fsp3) is 0.200. The van der Waals surface area contributed by atoms with Crippen LogP contribution in [0.1, 0.15) is 51.3 Å². The Morgan fingerprint density at radius 2 is 1.52 bits per heavy atom. The molecule has 0 unspecified atom stereocenters. The highest BCUT2D eigenvalue weighted by molar-refractivity contribution is 9.11. The maximum Gasteiger partial charge on any atom is 0.308 e. The Bertz CT molecular complexity index is 1090. The number of methoxy groups -OCH3 is 1. The van der Waals surface area contributed by atoms with Crippen LogP contribution in [-0.4, -0.2) is 30.6 Å². The van der Waals surface area contributed by atoms with Crippen molar-refractivity contribution in [3.05, 3.63) is 50.5 Å². The second kappa shape index (κ2) is 8.08. The molecule has 2 aromatic carbocycles. The Kier molecular flexibility index (Phi) is 5.90. The van der Waals surface area contributed by atoms with E-state index in [0.717, 1.165) is 0 Å². The molecule has 0 N–H and O–H groups in total. The number of fused-ring (bicyclic) bond motifs is 2. The number of carbonyl (C=O) groups is 4. The van der Waals surface area contributed by atoms with E-state index in [-0.39, 0.29) is 39.5 Å². The molecule has 0 fully saturated rings. The van der Waals surface area contributed by atoms with E-state index in [0.29, 0.717) is 15.4 Å². The van der Waals surface area contributed by atoms with Gasteiger partial charge in [0.15, 0.2) is 17.3 Å². The van der Waals surface area contributed by atoms with Crippen molar-refractivity contribution in [1.82, 2.24) is 0 Å². The Balaban J connectivity index is 2.36. The minimum atomic E-state index is -0.649. The van der Waals surface area contributed by atoms with Crippen molar-refractivity contribution in [3.63, 3.8) is 0 Å². The van der Waals surface area contributed by atoms with Crippen molar-refractivity contribution < 1.29 is 33.4 Å². The fourth-order valence-electron chi connectivity index (χ4n) is 3.05. The number of esters is 2. The molecule has 29 heavy (non-hydrogen) atoms. The minimum Gasteiger partial charge on any atom is -0.497 e. The van der Waals surface area contributed by atoms with Gasteiger partial charge in [0.05, 0.1) is 22.7 Å². The highest BCUT2D eigenvalue weighted by Gasteiger charge is 2.38. The normalized spacial score (nSPS) is 12.2. The highest BCUT2D eigenvalue weighted by atomic mass is 79.9.